The molecule has 27 heavy (non-hydrogen) atoms. The molecule has 1 fully saturated rings. The van der Waals surface area contributed by atoms with Gasteiger partial charge in [0.1, 0.15) is 5.75 Å². The van der Waals surface area contributed by atoms with Crippen molar-refractivity contribution < 1.29 is 15.0 Å². The molecular weight excluding hydrogens is 340 g/mol. The van der Waals surface area contributed by atoms with E-state index >= 15 is 0 Å². The first-order valence-corrected chi connectivity index (χ1v) is 9.59. The Hall–Kier alpha value is -2.53. The second kappa shape index (κ2) is 8.91. The molecule has 1 aliphatic rings. The summed E-state index contributed by atoms with van der Waals surface area (Å²) in [5.74, 6) is 0.739. The summed E-state index contributed by atoms with van der Waals surface area (Å²) in [7, 11) is 0. The Balaban J connectivity index is 1.50. The Bertz CT molecular complexity index is 770. The van der Waals surface area contributed by atoms with E-state index in [0.29, 0.717) is 5.92 Å². The number of nitrogens with one attached hydrogen (secondary N) is 1. The zero-order valence-corrected chi connectivity index (χ0v) is 15.8. The molecule has 1 aliphatic heterocycles. The van der Waals surface area contributed by atoms with Crippen molar-refractivity contribution in [2.45, 2.75) is 38.8 Å². The Morgan fingerprint density at radius 1 is 1.15 bits per heavy atom. The number of aromatic hydroxyl groups is 1. The van der Waals surface area contributed by atoms with E-state index in [1.165, 1.54) is 5.56 Å². The normalized spacial score (nSPS) is 16.1. The Kier molecular flexibility index (Phi) is 6.35. The second-order valence-corrected chi connectivity index (χ2v) is 7.33. The van der Waals surface area contributed by atoms with Crippen molar-refractivity contribution in [1.29, 1.82) is 0 Å². The van der Waals surface area contributed by atoms with Gasteiger partial charge in [0.05, 0.1) is 12.6 Å². The van der Waals surface area contributed by atoms with Crippen LogP contribution in [-0.2, 0) is 13.0 Å². The molecule has 1 heterocycles. The molecule has 0 saturated carbocycles. The molecule has 0 aromatic heterocycles. The maximum atomic E-state index is 12.6. The fourth-order valence-electron chi connectivity index (χ4n) is 3.72. The van der Waals surface area contributed by atoms with Gasteiger partial charge in [0.2, 0.25) is 0 Å². The summed E-state index contributed by atoms with van der Waals surface area (Å²) in [6.07, 6.45) is 2.88. The molecule has 1 atom stereocenters. The summed E-state index contributed by atoms with van der Waals surface area (Å²) in [6, 6.07) is 14.8. The predicted molar refractivity (Wildman–Crippen MR) is 105 cm³/mol. The summed E-state index contributed by atoms with van der Waals surface area (Å²) in [5.41, 5.74) is 3.09. The standard InChI is InChI=1S/C22H28N2O3/c1-16(18-7-4-8-21(26)14-18)23-22(27)24-11-9-17(10-12-24)13-19-5-2-3-6-20(19)15-25/h2-8,14,16-17,25-26H,9-13,15H2,1H3,(H,23,27)/t16-/m0/s1. The van der Waals surface area contributed by atoms with Crippen molar-refractivity contribution in [3.63, 3.8) is 0 Å². The third-order valence-electron chi connectivity index (χ3n) is 5.41. The third kappa shape index (κ3) is 5.01. The Morgan fingerprint density at radius 3 is 2.52 bits per heavy atom. The molecule has 2 aromatic rings. The number of carbonyl (C=O) groups excluding carboxylic acids is 1. The monoisotopic (exact) mass is 368 g/mol. The van der Waals surface area contributed by atoms with Gasteiger partial charge in [-0.05, 0) is 60.9 Å². The summed E-state index contributed by atoms with van der Waals surface area (Å²) in [5, 5.41) is 22.1. The lowest BCUT2D eigenvalue weighted by atomic mass is 9.88. The zero-order chi connectivity index (χ0) is 19.2. The minimum absolute atomic E-state index is 0.0555. The number of aliphatic hydroxyl groups is 1. The van der Waals surface area contributed by atoms with Gasteiger partial charge in [-0.3, -0.25) is 0 Å². The largest absolute Gasteiger partial charge is 0.508 e. The number of phenols is 1. The minimum Gasteiger partial charge on any atom is -0.508 e. The summed E-state index contributed by atoms with van der Waals surface area (Å²) in [4.78, 5) is 14.4. The summed E-state index contributed by atoms with van der Waals surface area (Å²) < 4.78 is 0. The molecule has 0 unspecified atom stereocenters. The van der Waals surface area contributed by atoms with Crippen LogP contribution in [0.1, 0.15) is 42.5 Å². The van der Waals surface area contributed by atoms with Crippen LogP contribution in [-0.4, -0.2) is 34.2 Å². The molecule has 2 aromatic carbocycles. The maximum Gasteiger partial charge on any atom is 0.317 e. The number of amides is 2. The number of nitrogens with zero attached hydrogens (tertiary/aromatic N) is 1. The highest BCUT2D eigenvalue weighted by Crippen LogP contribution is 2.24. The number of hydrogen-bond acceptors (Lipinski definition) is 3. The average Bonchev–Trinajstić information content (AvgIpc) is 2.69. The van der Waals surface area contributed by atoms with Crippen LogP contribution < -0.4 is 5.32 Å². The molecule has 144 valence electrons. The topological polar surface area (TPSA) is 72.8 Å². The molecule has 3 rings (SSSR count). The molecule has 0 radical (unpaired) electrons. The van der Waals surface area contributed by atoms with E-state index in [0.717, 1.165) is 43.5 Å². The predicted octanol–water partition coefficient (Wildman–Crippen LogP) is 3.61. The second-order valence-electron chi connectivity index (χ2n) is 7.33. The van der Waals surface area contributed by atoms with E-state index in [1.54, 1.807) is 18.2 Å². The van der Waals surface area contributed by atoms with E-state index in [1.807, 2.05) is 36.1 Å². The van der Waals surface area contributed by atoms with Crippen LogP contribution in [0.3, 0.4) is 0 Å². The van der Waals surface area contributed by atoms with Crippen LogP contribution in [0, 0.1) is 5.92 Å². The summed E-state index contributed by atoms with van der Waals surface area (Å²) >= 11 is 0. The first kappa shape index (κ1) is 19.2. The highest BCUT2D eigenvalue weighted by molar-refractivity contribution is 5.74. The number of piperidine rings is 1. The number of benzene rings is 2. The number of aliphatic hydroxyl groups excluding tert-OH is 1. The maximum absolute atomic E-state index is 12.6. The van der Waals surface area contributed by atoms with Crippen molar-refractivity contribution in [2.75, 3.05) is 13.1 Å². The molecule has 3 N–H and O–H groups in total. The molecule has 1 saturated heterocycles. The number of phenolic OH excluding ortho intramolecular Hbond substituents is 1. The van der Waals surface area contributed by atoms with Gasteiger partial charge >= 0.3 is 6.03 Å². The third-order valence-corrected chi connectivity index (χ3v) is 5.41. The highest BCUT2D eigenvalue weighted by Gasteiger charge is 2.24. The van der Waals surface area contributed by atoms with Crippen molar-refractivity contribution in [3.8, 4) is 5.75 Å². The van der Waals surface area contributed by atoms with Gasteiger partial charge in [-0.25, -0.2) is 4.79 Å². The molecule has 5 nitrogen and oxygen atoms in total. The lowest BCUT2D eigenvalue weighted by Gasteiger charge is -2.33. The SMILES string of the molecule is C[C@H](NC(=O)N1CCC(Cc2ccccc2CO)CC1)c1cccc(O)c1. The van der Waals surface area contributed by atoms with E-state index in [9.17, 15) is 15.0 Å². The highest BCUT2D eigenvalue weighted by atomic mass is 16.3. The molecule has 2 amide bonds. The number of urea groups is 1. The van der Waals surface area contributed by atoms with E-state index in [4.69, 9.17) is 0 Å². The zero-order valence-electron chi connectivity index (χ0n) is 15.8. The number of carbonyl (C=O) groups is 1. The van der Waals surface area contributed by atoms with Gasteiger partial charge in [0.15, 0.2) is 0 Å². The van der Waals surface area contributed by atoms with Crippen LogP contribution in [0.5, 0.6) is 5.75 Å². The van der Waals surface area contributed by atoms with Crippen molar-refractivity contribution in [2.24, 2.45) is 5.92 Å². The lowest BCUT2D eigenvalue weighted by Crippen LogP contribution is -2.45. The fraction of sp³-hybridized carbons (Fsp3) is 0.409. The summed E-state index contributed by atoms with van der Waals surface area (Å²) in [6.45, 7) is 3.48. The Labute approximate surface area is 160 Å². The van der Waals surface area contributed by atoms with Gasteiger partial charge in [-0.1, -0.05) is 36.4 Å². The van der Waals surface area contributed by atoms with Crippen LogP contribution >= 0.6 is 0 Å². The van der Waals surface area contributed by atoms with Gasteiger partial charge in [0, 0.05) is 13.1 Å². The van der Waals surface area contributed by atoms with E-state index in [-0.39, 0.29) is 24.4 Å². The average molecular weight is 368 g/mol. The molecule has 0 bridgehead atoms. The number of rotatable bonds is 5. The van der Waals surface area contributed by atoms with Gasteiger partial charge in [-0.2, -0.15) is 0 Å². The van der Waals surface area contributed by atoms with Crippen LogP contribution in [0.15, 0.2) is 48.5 Å². The number of hydrogen-bond donors (Lipinski definition) is 3. The molecule has 5 heteroatoms. The van der Waals surface area contributed by atoms with E-state index < -0.39 is 0 Å². The molecule has 0 aliphatic carbocycles. The minimum atomic E-state index is -0.154. The van der Waals surface area contributed by atoms with Gasteiger partial charge in [-0.15, -0.1) is 0 Å². The van der Waals surface area contributed by atoms with Crippen LogP contribution in [0.25, 0.3) is 0 Å². The molecule has 0 spiro atoms. The van der Waals surface area contributed by atoms with Crippen molar-refractivity contribution in [3.05, 3.63) is 65.2 Å². The Morgan fingerprint density at radius 2 is 1.85 bits per heavy atom. The first-order chi connectivity index (χ1) is 13.1. The first-order valence-electron chi connectivity index (χ1n) is 9.59. The van der Waals surface area contributed by atoms with E-state index in [2.05, 4.69) is 11.4 Å². The van der Waals surface area contributed by atoms with Gasteiger partial charge in [0.25, 0.3) is 0 Å². The fourth-order valence-corrected chi connectivity index (χ4v) is 3.72. The quantitative estimate of drug-likeness (QED) is 0.755. The lowest BCUT2D eigenvalue weighted by molar-refractivity contribution is 0.167. The molecular formula is C22H28N2O3. The van der Waals surface area contributed by atoms with Crippen molar-refractivity contribution in [1.82, 2.24) is 10.2 Å². The number of likely N-dealkylation sites (tertiary alicyclic amines) is 1. The van der Waals surface area contributed by atoms with Crippen LogP contribution in [0.2, 0.25) is 0 Å². The van der Waals surface area contributed by atoms with Crippen LogP contribution in [0.4, 0.5) is 4.79 Å². The smallest absolute Gasteiger partial charge is 0.317 e. The van der Waals surface area contributed by atoms with Crippen molar-refractivity contribution >= 4 is 6.03 Å². The van der Waals surface area contributed by atoms with Gasteiger partial charge < -0.3 is 20.4 Å².